The number of carbonyl (C=O) groups excluding carboxylic acids is 1. The lowest BCUT2D eigenvalue weighted by molar-refractivity contribution is 0.0963. The van der Waals surface area contributed by atoms with Crippen molar-refractivity contribution in [2.45, 2.75) is 39.7 Å². The molecule has 0 unspecified atom stereocenters. The van der Waals surface area contributed by atoms with Gasteiger partial charge in [-0.25, -0.2) is 9.79 Å². The number of carbonyl (C=O) groups is 1. The summed E-state index contributed by atoms with van der Waals surface area (Å²) in [6.07, 6.45) is 1.42. The van der Waals surface area contributed by atoms with E-state index in [0.717, 1.165) is 29.7 Å². The van der Waals surface area contributed by atoms with Gasteiger partial charge in [0, 0.05) is 19.1 Å². The molecule has 0 spiro atoms. The Bertz CT molecular complexity index is 611. The van der Waals surface area contributed by atoms with Gasteiger partial charge in [0.2, 0.25) is 0 Å². The van der Waals surface area contributed by atoms with Gasteiger partial charge < -0.3 is 25.4 Å². The number of piperidine rings is 1. The van der Waals surface area contributed by atoms with Crippen LogP contribution in [0, 0.1) is 13.8 Å². The molecule has 1 aliphatic rings. The highest BCUT2D eigenvalue weighted by atomic mass is 127. The molecule has 1 aliphatic heterocycles. The first-order chi connectivity index (χ1) is 12.5. The number of aryl methyl sites for hydroxylation is 2. The Morgan fingerprint density at radius 2 is 1.93 bits per heavy atom. The van der Waals surface area contributed by atoms with E-state index in [-0.39, 0.29) is 36.1 Å². The van der Waals surface area contributed by atoms with Gasteiger partial charge in [-0.1, -0.05) is 18.2 Å². The summed E-state index contributed by atoms with van der Waals surface area (Å²) in [5.41, 5.74) is 8.20. The quantitative estimate of drug-likeness (QED) is 0.277. The second kappa shape index (κ2) is 11.9. The topological polar surface area (TPSA) is 89.2 Å². The highest BCUT2D eigenvalue weighted by molar-refractivity contribution is 14.0. The molecule has 2 rings (SSSR count). The molecule has 0 atom stereocenters. The first-order valence-corrected chi connectivity index (χ1v) is 9.18. The summed E-state index contributed by atoms with van der Waals surface area (Å²) in [6.45, 7) is 8.59. The van der Waals surface area contributed by atoms with Gasteiger partial charge in [0.05, 0.1) is 13.2 Å². The average Bonchev–Trinajstić information content (AvgIpc) is 2.61. The Kier molecular flexibility index (Phi) is 10.3. The van der Waals surface area contributed by atoms with E-state index in [0.29, 0.717) is 38.8 Å². The fourth-order valence-corrected chi connectivity index (χ4v) is 3.02. The molecule has 0 bridgehead atoms. The lowest BCUT2D eigenvalue weighted by atomic mass is 10.1. The van der Waals surface area contributed by atoms with Gasteiger partial charge in [-0.3, -0.25) is 0 Å². The third-order valence-electron chi connectivity index (χ3n) is 4.40. The van der Waals surface area contributed by atoms with E-state index in [1.54, 1.807) is 4.90 Å². The molecule has 3 N–H and O–H groups in total. The van der Waals surface area contributed by atoms with Gasteiger partial charge in [0.15, 0.2) is 5.96 Å². The highest BCUT2D eigenvalue weighted by Gasteiger charge is 2.23. The van der Waals surface area contributed by atoms with Crippen molar-refractivity contribution < 1.29 is 14.3 Å². The number of nitrogens with one attached hydrogen (secondary N) is 1. The van der Waals surface area contributed by atoms with Crippen LogP contribution in [0.5, 0.6) is 5.75 Å². The van der Waals surface area contributed by atoms with Crippen LogP contribution in [0.3, 0.4) is 0 Å². The maximum atomic E-state index is 11.7. The van der Waals surface area contributed by atoms with Crippen molar-refractivity contribution in [3.05, 3.63) is 29.3 Å². The number of hydrogen-bond acceptors (Lipinski definition) is 4. The third kappa shape index (κ3) is 7.43. The van der Waals surface area contributed by atoms with Crippen molar-refractivity contribution in [3.63, 3.8) is 0 Å². The van der Waals surface area contributed by atoms with E-state index >= 15 is 0 Å². The summed E-state index contributed by atoms with van der Waals surface area (Å²) in [7, 11) is 0. The van der Waals surface area contributed by atoms with Crippen molar-refractivity contribution in [2.24, 2.45) is 10.7 Å². The lowest BCUT2D eigenvalue weighted by Crippen LogP contribution is -2.48. The molecule has 0 aromatic heterocycles. The minimum absolute atomic E-state index is 0. The van der Waals surface area contributed by atoms with Crippen LogP contribution in [0.1, 0.15) is 30.9 Å². The van der Waals surface area contributed by atoms with Crippen molar-refractivity contribution >= 4 is 36.0 Å². The number of guanidine groups is 1. The van der Waals surface area contributed by atoms with Gasteiger partial charge in [-0.15, -0.1) is 24.0 Å². The smallest absolute Gasteiger partial charge is 0.409 e. The zero-order valence-electron chi connectivity index (χ0n) is 16.4. The predicted octanol–water partition coefficient (Wildman–Crippen LogP) is 2.83. The number of ether oxygens (including phenoxy) is 2. The van der Waals surface area contributed by atoms with E-state index in [1.165, 1.54) is 0 Å². The highest BCUT2D eigenvalue weighted by Crippen LogP contribution is 2.22. The van der Waals surface area contributed by atoms with E-state index in [9.17, 15) is 4.79 Å². The van der Waals surface area contributed by atoms with E-state index in [1.807, 2.05) is 39.0 Å². The first-order valence-electron chi connectivity index (χ1n) is 9.18. The van der Waals surface area contributed by atoms with Gasteiger partial charge in [-0.05, 0) is 44.7 Å². The lowest BCUT2D eigenvalue weighted by Gasteiger charge is -2.31. The second-order valence-electron chi connectivity index (χ2n) is 6.44. The molecule has 27 heavy (non-hydrogen) atoms. The summed E-state index contributed by atoms with van der Waals surface area (Å²) in [5.74, 6) is 1.34. The number of likely N-dealkylation sites (tertiary alicyclic amines) is 1. The van der Waals surface area contributed by atoms with E-state index < -0.39 is 0 Å². The number of para-hydroxylation sites is 1. The van der Waals surface area contributed by atoms with Crippen LogP contribution in [0.2, 0.25) is 0 Å². The minimum Gasteiger partial charge on any atom is -0.491 e. The molecule has 0 saturated carbocycles. The summed E-state index contributed by atoms with van der Waals surface area (Å²) in [5, 5.41) is 3.23. The number of amides is 1. The molecule has 1 heterocycles. The molecule has 1 saturated heterocycles. The SMILES string of the molecule is CCOC(=O)N1CCC(NC(N)=NCCOc2c(C)cccc2C)CC1.I. The number of nitrogens with zero attached hydrogens (tertiary/aromatic N) is 2. The van der Waals surface area contributed by atoms with Gasteiger partial charge in [0.1, 0.15) is 12.4 Å². The molecule has 8 heteroatoms. The molecule has 1 amide bonds. The zero-order chi connectivity index (χ0) is 18.9. The molecular formula is C19H31IN4O3. The number of benzene rings is 1. The Balaban J connectivity index is 0.00000364. The van der Waals surface area contributed by atoms with Crippen molar-refractivity contribution in [1.29, 1.82) is 0 Å². The number of nitrogens with two attached hydrogens (primary N) is 1. The van der Waals surface area contributed by atoms with Crippen molar-refractivity contribution in [1.82, 2.24) is 10.2 Å². The molecular weight excluding hydrogens is 459 g/mol. The minimum atomic E-state index is -0.240. The fourth-order valence-electron chi connectivity index (χ4n) is 3.02. The van der Waals surface area contributed by atoms with Crippen molar-refractivity contribution in [2.75, 3.05) is 32.8 Å². The van der Waals surface area contributed by atoms with Crippen LogP contribution in [0.25, 0.3) is 0 Å². The zero-order valence-corrected chi connectivity index (χ0v) is 18.7. The summed E-state index contributed by atoms with van der Waals surface area (Å²) in [6, 6.07) is 6.31. The maximum absolute atomic E-state index is 11.7. The standard InChI is InChI=1S/C19H30N4O3.HI/c1-4-25-19(24)23-11-8-16(9-12-23)22-18(20)21-10-13-26-17-14(2)6-5-7-15(17)3;/h5-7,16H,4,8-13H2,1-3H3,(H3,20,21,22);1H. The number of aliphatic imine (C=N–C) groups is 1. The summed E-state index contributed by atoms with van der Waals surface area (Å²) in [4.78, 5) is 17.7. The predicted molar refractivity (Wildman–Crippen MR) is 118 cm³/mol. The Morgan fingerprint density at radius 3 is 2.52 bits per heavy atom. The van der Waals surface area contributed by atoms with Crippen LogP contribution in [-0.2, 0) is 4.74 Å². The second-order valence-corrected chi connectivity index (χ2v) is 6.44. The van der Waals surface area contributed by atoms with Gasteiger partial charge in [-0.2, -0.15) is 0 Å². The largest absolute Gasteiger partial charge is 0.491 e. The van der Waals surface area contributed by atoms with Crippen molar-refractivity contribution in [3.8, 4) is 5.75 Å². The Morgan fingerprint density at radius 1 is 1.30 bits per heavy atom. The van der Waals surface area contributed by atoms with Crippen LogP contribution >= 0.6 is 24.0 Å². The molecule has 1 fully saturated rings. The van der Waals surface area contributed by atoms with Gasteiger partial charge >= 0.3 is 6.09 Å². The van der Waals surface area contributed by atoms with Crippen LogP contribution < -0.4 is 15.8 Å². The normalized spacial score (nSPS) is 15.1. The maximum Gasteiger partial charge on any atom is 0.409 e. The third-order valence-corrected chi connectivity index (χ3v) is 4.40. The van der Waals surface area contributed by atoms with Crippen LogP contribution in [0.15, 0.2) is 23.2 Å². The average molecular weight is 490 g/mol. The Hall–Kier alpha value is -1.71. The fraction of sp³-hybridized carbons (Fsp3) is 0.579. The molecule has 1 aromatic rings. The molecule has 0 radical (unpaired) electrons. The monoisotopic (exact) mass is 490 g/mol. The number of rotatable bonds is 6. The number of halogens is 1. The molecule has 152 valence electrons. The van der Waals surface area contributed by atoms with Gasteiger partial charge in [0.25, 0.3) is 0 Å². The molecule has 0 aliphatic carbocycles. The number of hydrogen-bond donors (Lipinski definition) is 2. The Labute approximate surface area is 178 Å². The molecule has 1 aromatic carbocycles. The molecule has 7 nitrogen and oxygen atoms in total. The van der Waals surface area contributed by atoms with E-state index in [2.05, 4.69) is 10.3 Å². The van der Waals surface area contributed by atoms with E-state index in [4.69, 9.17) is 15.2 Å². The summed E-state index contributed by atoms with van der Waals surface area (Å²) < 4.78 is 10.8. The van der Waals surface area contributed by atoms with Crippen LogP contribution in [-0.4, -0.2) is 55.8 Å². The summed E-state index contributed by atoms with van der Waals surface area (Å²) >= 11 is 0. The van der Waals surface area contributed by atoms with Crippen LogP contribution in [0.4, 0.5) is 4.79 Å². The first kappa shape index (κ1) is 23.3.